The fraction of sp³-hybridized carbons (Fsp3) is 0.732. The fourth-order valence-corrected chi connectivity index (χ4v) is 16.6. The van der Waals surface area contributed by atoms with Crippen molar-refractivity contribution in [2.75, 3.05) is 0 Å². The zero-order valence-corrected chi connectivity index (χ0v) is 37.5. The van der Waals surface area contributed by atoms with Crippen LogP contribution in [0.5, 0.6) is 0 Å². The summed E-state index contributed by atoms with van der Waals surface area (Å²) in [6.45, 7) is 0. The van der Waals surface area contributed by atoms with Gasteiger partial charge in [0, 0.05) is 53.2 Å². The lowest BCUT2D eigenvalue weighted by Crippen LogP contribution is -2.53. The first-order valence-electron chi connectivity index (χ1n) is 26.5. The van der Waals surface area contributed by atoms with Gasteiger partial charge in [0.05, 0.1) is 18.1 Å². The quantitative estimate of drug-likeness (QED) is 0.271. The molecule has 0 aromatic rings. The Morgan fingerprint density at radius 3 is 2.34 bits per heavy atom. The molecule has 0 bridgehead atoms. The molecule has 0 aromatic carbocycles. The zero-order valence-electron chi connectivity index (χ0n) is 37.5. The number of hydrogen-bond acceptors (Lipinski definition) is 4. The molecule has 61 heavy (non-hydrogen) atoms. The van der Waals surface area contributed by atoms with E-state index < -0.39 is 6.17 Å². The van der Waals surface area contributed by atoms with E-state index in [9.17, 15) is 4.39 Å². The molecule has 3 saturated carbocycles. The SMILES string of the molecule is FC1CCCC(N2C3=C(CC(C4CC=C(C5CCC6C(C5)C5=C(CCCC5)N6C5CCC(C6=NC(C7=CC=CCC7)C7CCC=CC7N6)CC5)CC4)CC3)C3CCC=CC32)C1. The molecular weight excluding hydrogens is 748 g/mol. The van der Waals surface area contributed by atoms with Crippen LogP contribution in [0.15, 0.2) is 87.3 Å². The summed E-state index contributed by atoms with van der Waals surface area (Å²) in [5.74, 6) is 6.61. The van der Waals surface area contributed by atoms with E-state index in [-0.39, 0.29) is 0 Å². The van der Waals surface area contributed by atoms with Crippen molar-refractivity contribution in [3.8, 4) is 0 Å². The molecule has 0 saturated heterocycles. The lowest BCUT2D eigenvalue weighted by atomic mass is 9.67. The van der Waals surface area contributed by atoms with Crippen LogP contribution in [-0.4, -0.2) is 58.1 Å². The van der Waals surface area contributed by atoms with Crippen LogP contribution in [0.1, 0.15) is 173 Å². The normalized spacial score (nSPS) is 43.4. The highest BCUT2D eigenvalue weighted by molar-refractivity contribution is 5.86. The van der Waals surface area contributed by atoms with E-state index in [0.29, 0.717) is 41.9 Å². The number of amidine groups is 1. The molecule has 0 radical (unpaired) electrons. The summed E-state index contributed by atoms with van der Waals surface area (Å²) in [7, 11) is 0. The molecule has 12 atom stereocenters. The zero-order chi connectivity index (χ0) is 40.4. The molecule has 328 valence electrons. The minimum Gasteiger partial charge on any atom is -0.368 e. The summed E-state index contributed by atoms with van der Waals surface area (Å²) in [5, 5.41) is 4.03. The van der Waals surface area contributed by atoms with E-state index in [1.807, 2.05) is 22.4 Å². The number of rotatable bonds is 6. The highest BCUT2D eigenvalue weighted by Crippen LogP contribution is 2.55. The van der Waals surface area contributed by atoms with Crippen LogP contribution < -0.4 is 5.32 Å². The average Bonchev–Trinajstić information content (AvgIpc) is 3.84. The highest BCUT2D eigenvalue weighted by Gasteiger charge is 2.50. The van der Waals surface area contributed by atoms with E-state index in [2.05, 4.69) is 63.7 Å². The molecule has 12 rings (SSSR count). The summed E-state index contributed by atoms with van der Waals surface area (Å²) in [5.41, 5.74) is 10.7. The van der Waals surface area contributed by atoms with Crippen LogP contribution in [0.25, 0.3) is 0 Å². The lowest BCUT2D eigenvalue weighted by molar-refractivity contribution is 0.0962. The Bertz CT molecular complexity index is 1920. The molecule has 0 aromatic heterocycles. The van der Waals surface area contributed by atoms with Crippen molar-refractivity contribution in [1.29, 1.82) is 0 Å². The van der Waals surface area contributed by atoms with Gasteiger partial charge in [-0.25, -0.2) is 4.39 Å². The topological polar surface area (TPSA) is 30.9 Å². The fourth-order valence-electron chi connectivity index (χ4n) is 16.6. The smallest absolute Gasteiger partial charge is 0.102 e. The highest BCUT2D eigenvalue weighted by atomic mass is 19.1. The number of alkyl halides is 1. The monoisotopic (exact) mass is 825 g/mol. The maximum absolute atomic E-state index is 14.7. The Hall–Kier alpha value is -2.82. The number of fused-ring (bicyclic) bond motifs is 5. The molecule has 3 aliphatic heterocycles. The van der Waals surface area contributed by atoms with Crippen molar-refractivity contribution in [3.63, 3.8) is 0 Å². The summed E-state index contributed by atoms with van der Waals surface area (Å²) in [6.07, 6.45) is 53.5. The Labute approximate surface area is 368 Å². The van der Waals surface area contributed by atoms with Gasteiger partial charge in [0.25, 0.3) is 0 Å². The largest absolute Gasteiger partial charge is 0.368 e. The molecule has 12 unspecified atom stereocenters. The first-order valence-corrected chi connectivity index (χ1v) is 26.5. The molecule has 0 amide bonds. The van der Waals surface area contributed by atoms with Crippen molar-refractivity contribution in [2.24, 2.45) is 46.4 Å². The molecule has 1 N–H and O–H groups in total. The maximum atomic E-state index is 14.7. The van der Waals surface area contributed by atoms with Gasteiger partial charge in [0.1, 0.15) is 12.0 Å². The molecule has 5 heteroatoms. The number of aliphatic imine (C=N–C) groups is 1. The first kappa shape index (κ1) is 39.7. The van der Waals surface area contributed by atoms with Gasteiger partial charge < -0.3 is 15.1 Å². The number of halogens is 1. The van der Waals surface area contributed by atoms with E-state index in [4.69, 9.17) is 4.99 Å². The van der Waals surface area contributed by atoms with Gasteiger partial charge >= 0.3 is 0 Å². The van der Waals surface area contributed by atoms with Crippen LogP contribution in [-0.2, 0) is 0 Å². The minimum atomic E-state index is -0.595. The summed E-state index contributed by atoms with van der Waals surface area (Å²) in [6, 6.07) is 3.29. The second-order valence-corrected chi connectivity index (χ2v) is 22.5. The van der Waals surface area contributed by atoms with Gasteiger partial charge in [-0.1, -0.05) is 54.2 Å². The number of nitrogens with zero attached hydrogens (tertiary/aromatic N) is 3. The molecule has 3 fully saturated rings. The maximum Gasteiger partial charge on any atom is 0.102 e. The third kappa shape index (κ3) is 7.32. The minimum absolute atomic E-state index is 0.377. The van der Waals surface area contributed by atoms with Gasteiger partial charge in [-0.15, -0.1) is 0 Å². The van der Waals surface area contributed by atoms with Crippen molar-refractivity contribution >= 4 is 5.84 Å². The number of allylic oxidation sites excluding steroid dienone is 9. The van der Waals surface area contributed by atoms with Gasteiger partial charge in [-0.2, -0.15) is 0 Å². The molecular formula is C56H77FN4. The van der Waals surface area contributed by atoms with Crippen LogP contribution in [0, 0.1) is 41.4 Å². The Morgan fingerprint density at radius 2 is 1.48 bits per heavy atom. The summed E-state index contributed by atoms with van der Waals surface area (Å²) in [4.78, 5) is 11.5. The summed E-state index contributed by atoms with van der Waals surface area (Å²) >= 11 is 0. The van der Waals surface area contributed by atoms with Crippen LogP contribution in [0.2, 0.25) is 0 Å². The molecule has 0 spiro atoms. The number of hydrogen-bond donors (Lipinski definition) is 1. The van der Waals surface area contributed by atoms with Crippen molar-refractivity contribution < 1.29 is 4.39 Å². The van der Waals surface area contributed by atoms with E-state index in [0.717, 1.165) is 55.0 Å². The van der Waals surface area contributed by atoms with Crippen molar-refractivity contribution in [2.45, 2.75) is 216 Å². The third-order valence-electron chi connectivity index (χ3n) is 19.5. The van der Waals surface area contributed by atoms with E-state index in [1.54, 1.807) is 11.3 Å². The van der Waals surface area contributed by atoms with Gasteiger partial charge in [0.2, 0.25) is 0 Å². The molecule has 9 aliphatic carbocycles. The molecule has 3 heterocycles. The predicted molar refractivity (Wildman–Crippen MR) is 249 cm³/mol. The van der Waals surface area contributed by atoms with Crippen LogP contribution >= 0.6 is 0 Å². The first-order chi connectivity index (χ1) is 30.1. The van der Waals surface area contributed by atoms with Crippen LogP contribution in [0.4, 0.5) is 4.39 Å². The molecule has 12 aliphatic rings. The third-order valence-corrected chi connectivity index (χ3v) is 19.5. The molecule has 4 nitrogen and oxygen atoms in total. The Morgan fingerprint density at radius 1 is 0.623 bits per heavy atom. The van der Waals surface area contributed by atoms with E-state index in [1.165, 1.54) is 160 Å². The van der Waals surface area contributed by atoms with Crippen LogP contribution in [0.3, 0.4) is 0 Å². The van der Waals surface area contributed by atoms with E-state index >= 15 is 0 Å². The average molecular weight is 825 g/mol. The Balaban J connectivity index is 0.694. The second-order valence-electron chi connectivity index (χ2n) is 22.5. The standard InChI is InChI=1S/C56H77FN4/c57-42-13-10-14-44(35-42)61-52-20-9-6-16-46(52)49-34-41(28-32-54(49)61)37-23-21-36(22-24-37)40-27-31-53-48(33-40)45-15-5-8-19-51(45)60(53)43-29-25-39(26-30-43)56-58-50-18-7-4-17-47(50)55(59-56)38-11-2-1-3-12-38/h1-2,7,9,11,18,20-21,37,39-44,46-48,50,52-53,55H,3-6,8,10,12-17,19,22-35H2,(H,58,59). The second kappa shape index (κ2) is 17.0. The van der Waals surface area contributed by atoms with Gasteiger partial charge in [-0.3, -0.25) is 4.99 Å². The number of nitrogens with one attached hydrogen (secondary N) is 1. The predicted octanol–water partition coefficient (Wildman–Crippen LogP) is 13.2. The lowest BCUT2D eigenvalue weighted by Gasteiger charge is -2.46. The van der Waals surface area contributed by atoms with Gasteiger partial charge in [0.15, 0.2) is 0 Å². The van der Waals surface area contributed by atoms with Crippen molar-refractivity contribution in [1.82, 2.24) is 15.1 Å². The summed E-state index contributed by atoms with van der Waals surface area (Å²) < 4.78 is 14.7. The van der Waals surface area contributed by atoms with Gasteiger partial charge in [-0.05, 0) is 208 Å². The Kier molecular flexibility index (Phi) is 11.0. The van der Waals surface area contributed by atoms with Crippen molar-refractivity contribution in [3.05, 3.63) is 82.3 Å².